The van der Waals surface area contributed by atoms with Gasteiger partial charge in [0.2, 0.25) is 0 Å². The van der Waals surface area contributed by atoms with Crippen molar-refractivity contribution in [3.63, 3.8) is 0 Å². The van der Waals surface area contributed by atoms with Crippen molar-refractivity contribution in [1.29, 1.82) is 0 Å². The zero-order chi connectivity index (χ0) is 11.0. The van der Waals surface area contributed by atoms with Crippen molar-refractivity contribution < 1.29 is 13.2 Å². The molecule has 0 fully saturated rings. The maximum atomic E-state index is 10.8. The summed E-state index contributed by atoms with van der Waals surface area (Å²) in [5.41, 5.74) is 5.72. The summed E-state index contributed by atoms with van der Waals surface area (Å²) >= 11 is 0. The van der Waals surface area contributed by atoms with Crippen LogP contribution in [0.25, 0.3) is 0 Å². The molecule has 0 saturated heterocycles. The molecule has 1 atom stereocenters. The molecule has 0 saturated carbocycles. The smallest absolute Gasteiger partial charge is 0.147 e. The Morgan fingerprint density at radius 3 is 2.43 bits per heavy atom. The van der Waals surface area contributed by atoms with Crippen LogP contribution in [0.15, 0.2) is 0 Å². The predicted molar refractivity (Wildman–Crippen MR) is 58.0 cm³/mol. The highest BCUT2D eigenvalue weighted by atomic mass is 32.2. The average Bonchev–Trinajstić information content (AvgIpc) is 2.08. The molecule has 0 aromatic rings. The molecule has 0 aliphatic heterocycles. The summed E-state index contributed by atoms with van der Waals surface area (Å²) in [7, 11) is -2.88. The van der Waals surface area contributed by atoms with Gasteiger partial charge in [-0.2, -0.15) is 0 Å². The van der Waals surface area contributed by atoms with Gasteiger partial charge in [-0.25, -0.2) is 8.42 Å². The van der Waals surface area contributed by atoms with Gasteiger partial charge in [0.25, 0.3) is 0 Å². The Hall–Kier alpha value is -0.130. The third-order valence-corrected chi connectivity index (χ3v) is 2.82. The molecule has 86 valence electrons. The average molecular weight is 223 g/mol. The SMILES string of the molecule is CCCOCCC(N)CCS(C)(=O)=O. The van der Waals surface area contributed by atoms with Crippen LogP contribution in [-0.4, -0.2) is 39.7 Å². The van der Waals surface area contributed by atoms with Gasteiger partial charge in [-0.15, -0.1) is 0 Å². The quantitative estimate of drug-likeness (QED) is 0.611. The first-order valence-corrected chi connectivity index (χ1v) is 7.03. The Kier molecular flexibility index (Phi) is 7.13. The molecule has 5 heteroatoms. The Balaban J connectivity index is 3.42. The van der Waals surface area contributed by atoms with Crippen LogP contribution in [0.3, 0.4) is 0 Å². The molecule has 14 heavy (non-hydrogen) atoms. The number of ether oxygens (including phenoxy) is 1. The van der Waals surface area contributed by atoms with Crippen molar-refractivity contribution in [2.75, 3.05) is 25.2 Å². The van der Waals surface area contributed by atoms with E-state index in [1.165, 1.54) is 6.26 Å². The van der Waals surface area contributed by atoms with E-state index in [1.807, 2.05) is 6.92 Å². The summed E-state index contributed by atoms with van der Waals surface area (Å²) in [5, 5.41) is 0. The van der Waals surface area contributed by atoms with E-state index in [0.717, 1.165) is 19.4 Å². The van der Waals surface area contributed by atoms with Crippen LogP contribution in [0.5, 0.6) is 0 Å². The van der Waals surface area contributed by atoms with Crippen molar-refractivity contribution >= 4 is 9.84 Å². The molecular formula is C9H21NO3S. The van der Waals surface area contributed by atoms with Gasteiger partial charge >= 0.3 is 0 Å². The number of hydrogen-bond acceptors (Lipinski definition) is 4. The molecule has 0 bridgehead atoms. The van der Waals surface area contributed by atoms with Gasteiger partial charge in [0.15, 0.2) is 0 Å². The molecule has 0 radical (unpaired) electrons. The minimum absolute atomic E-state index is 0.0680. The molecular weight excluding hydrogens is 202 g/mol. The molecule has 0 aliphatic rings. The van der Waals surface area contributed by atoms with Crippen LogP contribution in [-0.2, 0) is 14.6 Å². The summed E-state index contributed by atoms with van der Waals surface area (Å²) in [5.74, 6) is 0.169. The molecule has 0 amide bonds. The summed E-state index contributed by atoms with van der Waals surface area (Å²) in [6.07, 6.45) is 3.48. The van der Waals surface area contributed by atoms with E-state index in [1.54, 1.807) is 0 Å². The molecule has 0 aromatic carbocycles. The van der Waals surface area contributed by atoms with E-state index in [0.29, 0.717) is 13.0 Å². The zero-order valence-corrected chi connectivity index (χ0v) is 9.85. The molecule has 1 unspecified atom stereocenters. The topological polar surface area (TPSA) is 69.4 Å². The zero-order valence-electron chi connectivity index (χ0n) is 9.03. The first-order valence-electron chi connectivity index (χ1n) is 4.96. The maximum absolute atomic E-state index is 10.8. The van der Waals surface area contributed by atoms with Gasteiger partial charge in [0.1, 0.15) is 9.84 Å². The molecule has 0 spiro atoms. The van der Waals surface area contributed by atoms with Crippen molar-refractivity contribution in [2.45, 2.75) is 32.2 Å². The molecule has 0 heterocycles. The van der Waals surface area contributed by atoms with Crippen LogP contribution < -0.4 is 5.73 Å². The van der Waals surface area contributed by atoms with Gasteiger partial charge in [0, 0.05) is 25.5 Å². The van der Waals surface area contributed by atoms with Crippen LogP contribution in [0, 0.1) is 0 Å². The second kappa shape index (κ2) is 7.20. The summed E-state index contributed by atoms with van der Waals surface area (Å²) in [6.45, 7) is 3.42. The summed E-state index contributed by atoms with van der Waals surface area (Å²) in [6, 6.07) is -0.0680. The van der Waals surface area contributed by atoms with Crippen molar-refractivity contribution in [2.24, 2.45) is 5.73 Å². The highest BCUT2D eigenvalue weighted by molar-refractivity contribution is 7.90. The Morgan fingerprint density at radius 2 is 1.93 bits per heavy atom. The lowest BCUT2D eigenvalue weighted by atomic mass is 10.2. The Bertz CT molecular complexity index is 226. The molecule has 0 aromatic heterocycles. The standard InChI is InChI=1S/C9H21NO3S/c1-3-6-13-7-4-9(10)5-8-14(2,11)12/h9H,3-8,10H2,1-2H3. The number of hydrogen-bond donors (Lipinski definition) is 1. The molecule has 4 nitrogen and oxygen atoms in total. The van der Waals surface area contributed by atoms with E-state index in [4.69, 9.17) is 10.5 Å². The van der Waals surface area contributed by atoms with Crippen LogP contribution in [0.1, 0.15) is 26.2 Å². The van der Waals surface area contributed by atoms with E-state index in [-0.39, 0.29) is 11.8 Å². The number of sulfone groups is 1. The fourth-order valence-corrected chi connectivity index (χ4v) is 1.72. The lowest BCUT2D eigenvalue weighted by Crippen LogP contribution is -2.25. The fourth-order valence-electron chi connectivity index (χ4n) is 0.991. The van der Waals surface area contributed by atoms with Crippen LogP contribution in [0.4, 0.5) is 0 Å². The second-order valence-electron chi connectivity index (χ2n) is 3.58. The first kappa shape index (κ1) is 13.9. The summed E-state index contributed by atoms with van der Waals surface area (Å²) in [4.78, 5) is 0. The summed E-state index contributed by atoms with van der Waals surface area (Å²) < 4.78 is 26.9. The van der Waals surface area contributed by atoms with Crippen LogP contribution >= 0.6 is 0 Å². The van der Waals surface area contributed by atoms with E-state index in [2.05, 4.69) is 0 Å². The minimum Gasteiger partial charge on any atom is -0.381 e. The van der Waals surface area contributed by atoms with E-state index >= 15 is 0 Å². The monoisotopic (exact) mass is 223 g/mol. The minimum atomic E-state index is -2.88. The van der Waals surface area contributed by atoms with Crippen molar-refractivity contribution in [3.05, 3.63) is 0 Å². The van der Waals surface area contributed by atoms with Crippen molar-refractivity contribution in [1.82, 2.24) is 0 Å². The lowest BCUT2D eigenvalue weighted by Gasteiger charge is -2.10. The normalized spacial score (nSPS) is 14.2. The van der Waals surface area contributed by atoms with Crippen molar-refractivity contribution in [3.8, 4) is 0 Å². The van der Waals surface area contributed by atoms with Gasteiger partial charge < -0.3 is 10.5 Å². The Labute approximate surface area is 86.7 Å². The predicted octanol–water partition coefficient (Wildman–Crippen LogP) is 0.565. The lowest BCUT2D eigenvalue weighted by molar-refractivity contribution is 0.127. The second-order valence-corrected chi connectivity index (χ2v) is 5.84. The Morgan fingerprint density at radius 1 is 1.29 bits per heavy atom. The first-order chi connectivity index (χ1) is 6.45. The van der Waals surface area contributed by atoms with Gasteiger partial charge in [-0.1, -0.05) is 6.92 Å². The highest BCUT2D eigenvalue weighted by Gasteiger charge is 2.07. The third-order valence-electron chi connectivity index (χ3n) is 1.84. The number of nitrogens with two attached hydrogens (primary N) is 1. The number of rotatable bonds is 8. The molecule has 0 rings (SSSR count). The van der Waals surface area contributed by atoms with E-state index < -0.39 is 9.84 Å². The van der Waals surface area contributed by atoms with E-state index in [9.17, 15) is 8.42 Å². The van der Waals surface area contributed by atoms with Crippen LogP contribution in [0.2, 0.25) is 0 Å². The van der Waals surface area contributed by atoms with Gasteiger partial charge in [-0.3, -0.25) is 0 Å². The third kappa shape index (κ3) is 9.95. The maximum Gasteiger partial charge on any atom is 0.147 e. The fraction of sp³-hybridized carbons (Fsp3) is 1.00. The van der Waals surface area contributed by atoms with Gasteiger partial charge in [-0.05, 0) is 19.3 Å². The molecule has 2 N–H and O–H groups in total. The highest BCUT2D eigenvalue weighted by Crippen LogP contribution is 1.98. The largest absolute Gasteiger partial charge is 0.381 e. The molecule has 0 aliphatic carbocycles. The van der Waals surface area contributed by atoms with Gasteiger partial charge in [0.05, 0.1) is 5.75 Å².